The zero-order chi connectivity index (χ0) is 12.7. The maximum atomic E-state index is 11.9. The summed E-state index contributed by atoms with van der Waals surface area (Å²) in [6, 6.07) is 0.289. The normalized spacial score (nSPS) is 20.4. The molecule has 2 nitrogen and oxygen atoms in total. The van der Waals surface area contributed by atoms with Crippen LogP contribution in [0.2, 0.25) is 0 Å². The zero-order valence-corrected chi connectivity index (χ0v) is 10.8. The molecule has 1 atom stereocenters. The van der Waals surface area contributed by atoms with Gasteiger partial charge in [0.15, 0.2) is 0 Å². The van der Waals surface area contributed by atoms with Crippen LogP contribution in [0.25, 0.3) is 0 Å². The van der Waals surface area contributed by atoms with E-state index < -0.39 is 0 Å². The third kappa shape index (κ3) is 3.88. The average Bonchev–Trinajstić information content (AvgIpc) is 2.77. The van der Waals surface area contributed by atoms with E-state index in [1.807, 2.05) is 11.0 Å². The molecule has 0 aliphatic carbocycles. The van der Waals surface area contributed by atoms with Gasteiger partial charge in [0.25, 0.3) is 0 Å². The van der Waals surface area contributed by atoms with E-state index >= 15 is 0 Å². The molecule has 94 valence electrons. The summed E-state index contributed by atoms with van der Waals surface area (Å²) >= 11 is 0. The highest BCUT2D eigenvalue weighted by atomic mass is 16.2. The van der Waals surface area contributed by atoms with E-state index in [0.717, 1.165) is 32.2 Å². The van der Waals surface area contributed by atoms with Crippen LogP contribution in [0.5, 0.6) is 0 Å². The van der Waals surface area contributed by atoms with Gasteiger partial charge < -0.3 is 4.90 Å². The Morgan fingerprint density at radius 1 is 1.35 bits per heavy atom. The Labute approximate surface area is 105 Å². The monoisotopic (exact) mass is 233 g/mol. The topological polar surface area (TPSA) is 20.3 Å². The largest absolute Gasteiger partial charge is 0.336 e. The second kappa shape index (κ2) is 7.10. The van der Waals surface area contributed by atoms with Crippen molar-refractivity contribution >= 4 is 5.91 Å². The van der Waals surface area contributed by atoms with Gasteiger partial charge in [-0.2, -0.15) is 0 Å². The van der Waals surface area contributed by atoms with E-state index in [2.05, 4.69) is 26.2 Å². The minimum Gasteiger partial charge on any atom is -0.336 e. The molecule has 1 rings (SSSR count). The lowest BCUT2D eigenvalue weighted by Gasteiger charge is -2.22. The van der Waals surface area contributed by atoms with Crippen LogP contribution in [0.4, 0.5) is 0 Å². The molecule has 0 radical (unpaired) electrons. The quantitative estimate of drug-likeness (QED) is 0.643. The van der Waals surface area contributed by atoms with Crippen LogP contribution in [-0.4, -0.2) is 23.4 Å². The van der Waals surface area contributed by atoms with Crippen molar-refractivity contribution in [1.82, 2.24) is 4.90 Å². The van der Waals surface area contributed by atoms with Gasteiger partial charge in [0.05, 0.1) is 6.04 Å². The summed E-state index contributed by atoms with van der Waals surface area (Å²) < 4.78 is 0. The van der Waals surface area contributed by atoms with Crippen LogP contribution in [0.15, 0.2) is 37.0 Å². The van der Waals surface area contributed by atoms with Crippen molar-refractivity contribution in [1.29, 1.82) is 0 Å². The molecule has 0 saturated carbocycles. The van der Waals surface area contributed by atoms with Crippen LogP contribution >= 0.6 is 0 Å². The fourth-order valence-electron chi connectivity index (χ4n) is 2.30. The Bertz CT molecular complexity index is 317. The van der Waals surface area contributed by atoms with Crippen molar-refractivity contribution in [2.45, 2.75) is 45.1 Å². The van der Waals surface area contributed by atoms with E-state index in [9.17, 15) is 4.79 Å². The first-order chi connectivity index (χ1) is 8.22. The van der Waals surface area contributed by atoms with Crippen LogP contribution < -0.4 is 0 Å². The lowest BCUT2D eigenvalue weighted by molar-refractivity contribution is -0.130. The van der Waals surface area contributed by atoms with Crippen molar-refractivity contribution in [3.8, 4) is 0 Å². The van der Waals surface area contributed by atoms with Gasteiger partial charge in [-0.25, -0.2) is 0 Å². The fourth-order valence-corrected chi connectivity index (χ4v) is 2.30. The third-order valence-electron chi connectivity index (χ3n) is 3.23. The number of amides is 1. The lowest BCUT2D eigenvalue weighted by Crippen LogP contribution is -2.34. The molecule has 0 aromatic heterocycles. The Hall–Kier alpha value is -1.31. The molecule has 1 heterocycles. The first kappa shape index (κ1) is 13.8. The molecule has 0 bridgehead atoms. The predicted molar refractivity (Wildman–Crippen MR) is 72.7 cm³/mol. The molecule has 1 aliphatic heterocycles. The standard InChI is InChI=1S/C15H23NO/c1-4-8-13(6-3)12-14-10-7-11-16(14)15(17)9-5-2/h4-5,12,14H,1-2,6-11H2,3H3/b13-12+/t14-/m1/s1. The molecule has 17 heavy (non-hydrogen) atoms. The van der Waals surface area contributed by atoms with Gasteiger partial charge in [-0.3, -0.25) is 4.79 Å². The van der Waals surface area contributed by atoms with E-state index in [-0.39, 0.29) is 11.9 Å². The molecule has 0 spiro atoms. The minimum absolute atomic E-state index is 0.202. The molecule has 1 saturated heterocycles. The van der Waals surface area contributed by atoms with Gasteiger partial charge in [0, 0.05) is 13.0 Å². The van der Waals surface area contributed by atoms with Gasteiger partial charge in [-0.05, 0) is 25.7 Å². The first-order valence-electron chi connectivity index (χ1n) is 6.43. The Morgan fingerprint density at radius 2 is 2.06 bits per heavy atom. The number of allylic oxidation sites excluding steroid dienone is 2. The highest BCUT2D eigenvalue weighted by Gasteiger charge is 2.26. The summed E-state index contributed by atoms with van der Waals surface area (Å²) in [6.07, 6.45) is 10.5. The lowest BCUT2D eigenvalue weighted by atomic mass is 10.0. The summed E-state index contributed by atoms with van der Waals surface area (Å²) in [6.45, 7) is 10.4. The number of carbonyl (C=O) groups is 1. The van der Waals surface area contributed by atoms with Gasteiger partial charge in [0.1, 0.15) is 0 Å². The van der Waals surface area contributed by atoms with E-state index in [1.165, 1.54) is 5.57 Å². The van der Waals surface area contributed by atoms with E-state index in [4.69, 9.17) is 0 Å². The fraction of sp³-hybridized carbons (Fsp3) is 0.533. The highest BCUT2D eigenvalue weighted by molar-refractivity contribution is 5.78. The van der Waals surface area contributed by atoms with Gasteiger partial charge in [0.2, 0.25) is 5.91 Å². The Morgan fingerprint density at radius 3 is 2.65 bits per heavy atom. The summed E-state index contributed by atoms with van der Waals surface area (Å²) in [5, 5.41) is 0. The number of rotatable bonds is 6. The molecule has 0 unspecified atom stereocenters. The molecule has 1 fully saturated rings. The molecule has 0 N–H and O–H groups in total. The van der Waals surface area contributed by atoms with Crippen molar-refractivity contribution in [2.75, 3.05) is 6.54 Å². The summed E-state index contributed by atoms with van der Waals surface area (Å²) in [4.78, 5) is 13.9. The molecular weight excluding hydrogens is 210 g/mol. The molecule has 0 aromatic rings. The maximum Gasteiger partial charge on any atom is 0.226 e. The summed E-state index contributed by atoms with van der Waals surface area (Å²) in [7, 11) is 0. The second-order valence-corrected chi connectivity index (χ2v) is 4.46. The van der Waals surface area contributed by atoms with Gasteiger partial charge >= 0.3 is 0 Å². The molecular formula is C15H23NO. The number of nitrogens with zero attached hydrogens (tertiary/aromatic N) is 1. The van der Waals surface area contributed by atoms with Crippen LogP contribution in [0.1, 0.15) is 39.0 Å². The number of hydrogen-bond acceptors (Lipinski definition) is 1. The summed E-state index contributed by atoms with van der Waals surface area (Å²) in [5.41, 5.74) is 1.38. The van der Waals surface area contributed by atoms with Gasteiger partial charge in [-0.1, -0.05) is 30.7 Å². The van der Waals surface area contributed by atoms with Crippen molar-refractivity contribution < 1.29 is 4.79 Å². The first-order valence-corrected chi connectivity index (χ1v) is 6.43. The smallest absolute Gasteiger partial charge is 0.226 e. The molecule has 1 aliphatic rings. The Balaban J connectivity index is 2.71. The number of hydrogen-bond donors (Lipinski definition) is 0. The predicted octanol–water partition coefficient (Wildman–Crippen LogP) is 3.47. The van der Waals surface area contributed by atoms with Crippen molar-refractivity contribution in [3.63, 3.8) is 0 Å². The zero-order valence-electron chi connectivity index (χ0n) is 10.8. The third-order valence-corrected chi connectivity index (χ3v) is 3.23. The average molecular weight is 233 g/mol. The van der Waals surface area contributed by atoms with Crippen LogP contribution in [0, 0.1) is 0 Å². The summed E-state index contributed by atoms with van der Waals surface area (Å²) in [5.74, 6) is 0.202. The maximum absolute atomic E-state index is 11.9. The molecule has 1 amide bonds. The van der Waals surface area contributed by atoms with Crippen molar-refractivity contribution in [2.24, 2.45) is 0 Å². The SMILES string of the molecule is C=CCC(=O)N1CCC[C@@H]1/C=C(\CC)CC=C. The second-order valence-electron chi connectivity index (χ2n) is 4.46. The molecule has 2 heteroatoms. The van der Waals surface area contributed by atoms with E-state index in [1.54, 1.807) is 6.08 Å². The van der Waals surface area contributed by atoms with Crippen molar-refractivity contribution in [3.05, 3.63) is 37.0 Å². The molecule has 0 aromatic carbocycles. The van der Waals surface area contributed by atoms with E-state index in [0.29, 0.717) is 6.42 Å². The van der Waals surface area contributed by atoms with Gasteiger partial charge in [-0.15, -0.1) is 13.2 Å². The van der Waals surface area contributed by atoms with Crippen LogP contribution in [-0.2, 0) is 4.79 Å². The minimum atomic E-state index is 0.202. The number of likely N-dealkylation sites (tertiary alicyclic amines) is 1. The Kier molecular flexibility index (Phi) is 5.75. The number of carbonyl (C=O) groups excluding carboxylic acids is 1. The van der Waals surface area contributed by atoms with Crippen LogP contribution in [0.3, 0.4) is 0 Å². The highest BCUT2D eigenvalue weighted by Crippen LogP contribution is 2.22.